The maximum Gasteiger partial charge on any atom is 2.00 e. The third-order valence-electron chi connectivity index (χ3n) is 3.10. The molecule has 0 aromatic carbocycles. The second kappa shape index (κ2) is 15.9. The van der Waals surface area contributed by atoms with Crippen LogP contribution in [-0.4, -0.2) is 9.52 Å². The monoisotopic (exact) mass is 391 g/mol. The summed E-state index contributed by atoms with van der Waals surface area (Å²) in [5, 5.41) is 0. The van der Waals surface area contributed by atoms with E-state index in [2.05, 4.69) is 65.1 Å². The standard InChI is InChI=1S/2C9H13.C2H7Si.Zr/c2*1-3-4-9-6-5-8(2)7-9;1-3-2;/h2*6H,3-5H2,1-2H3;3H,1-2H3;/q2*-1;;+2. The first kappa shape index (κ1) is 24.3. The number of hydrogen-bond donors (Lipinski definition) is 0. The molecule has 0 saturated carbocycles. The van der Waals surface area contributed by atoms with Crippen LogP contribution in [0, 0.1) is 12.2 Å². The maximum atomic E-state index is 3.33. The molecule has 0 spiro atoms. The van der Waals surface area contributed by atoms with E-state index < -0.39 is 0 Å². The second-order valence-corrected chi connectivity index (χ2v) is 6.91. The largest absolute Gasteiger partial charge is 2.00 e. The van der Waals surface area contributed by atoms with Crippen LogP contribution in [0.1, 0.15) is 66.2 Å². The zero-order valence-electron chi connectivity index (χ0n) is 15.5. The van der Waals surface area contributed by atoms with Crippen LogP contribution in [0.5, 0.6) is 0 Å². The molecule has 0 saturated heterocycles. The van der Waals surface area contributed by atoms with Crippen molar-refractivity contribution in [3.63, 3.8) is 0 Å². The fourth-order valence-electron chi connectivity index (χ4n) is 2.17. The van der Waals surface area contributed by atoms with E-state index in [1.807, 2.05) is 0 Å². The van der Waals surface area contributed by atoms with Gasteiger partial charge in [0.1, 0.15) is 0 Å². The molecule has 0 aliphatic heterocycles. The normalized spacial score (nSPS) is 15.2. The minimum Gasteiger partial charge on any atom is -0.250 e. The summed E-state index contributed by atoms with van der Waals surface area (Å²) in [5.74, 6) is 0. The van der Waals surface area contributed by atoms with Crippen LogP contribution in [0.2, 0.25) is 13.1 Å². The van der Waals surface area contributed by atoms with Crippen LogP contribution in [0.15, 0.2) is 34.4 Å². The van der Waals surface area contributed by atoms with Crippen molar-refractivity contribution >= 4 is 9.52 Å². The zero-order chi connectivity index (χ0) is 16.1. The zero-order valence-corrected chi connectivity index (χ0v) is 19.1. The van der Waals surface area contributed by atoms with E-state index in [1.165, 1.54) is 48.0 Å². The van der Waals surface area contributed by atoms with Crippen LogP contribution >= 0.6 is 0 Å². The summed E-state index contributed by atoms with van der Waals surface area (Å²) in [7, 11) is 0.750. The maximum absolute atomic E-state index is 3.33. The van der Waals surface area contributed by atoms with E-state index in [-0.39, 0.29) is 26.2 Å². The SMILES string of the molecule is CCCC1=CCC(C)=[C-]1.CCCC1=CCC(C)=[C-]1.C[SiH]C.[Zr+2]. The number of rotatable bonds is 4. The second-order valence-electron chi connectivity index (χ2n) is 5.75. The third kappa shape index (κ3) is 12.6. The summed E-state index contributed by atoms with van der Waals surface area (Å²) in [6.07, 6.45) is 18.4. The molecule has 0 amide bonds. The number of allylic oxidation sites excluding steroid dienone is 8. The minimum absolute atomic E-state index is 0. The molecule has 0 unspecified atom stereocenters. The Morgan fingerprint density at radius 1 is 0.864 bits per heavy atom. The van der Waals surface area contributed by atoms with Gasteiger partial charge in [0, 0.05) is 9.52 Å². The predicted octanol–water partition coefficient (Wildman–Crippen LogP) is 6.25. The van der Waals surface area contributed by atoms with Gasteiger partial charge in [-0.2, -0.15) is 11.1 Å². The first-order valence-corrected chi connectivity index (χ1v) is 10.7. The molecule has 2 aliphatic rings. The molecular formula is C20H33SiZr. The van der Waals surface area contributed by atoms with Gasteiger partial charge in [-0.25, -0.2) is 35.5 Å². The Balaban J connectivity index is 0. The minimum atomic E-state index is 0. The Morgan fingerprint density at radius 3 is 1.36 bits per heavy atom. The summed E-state index contributed by atoms with van der Waals surface area (Å²) in [6, 6.07) is 0. The van der Waals surface area contributed by atoms with Gasteiger partial charge < -0.3 is 0 Å². The molecular weight excluding hydrogens is 360 g/mol. The van der Waals surface area contributed by atoms with Gasteiger partial charge in [-0.3, -0.25) is 0 Å². The van der Waals surface area contributed by atoms with Crippen molar-refractivity contribution in [1.29, 1.82) is 0 Å². The van der Waals surface area contributed by atoms with Gasteiger partial charge in [0.25, 0.3) is 0 Å². The van der Waals surface area contributed by atoms with Crippen molar-refractivity contribution < 1.29 is 26.2 Å². The van der Waals surface area contributed by atoms with Crippen LogP contribution in [0.4, 0.5) is 0 Å². The predicted molar refractivity (Wildman–Crippen MR) is 99.0 cm³/mol. The molecule has 0 N–H and O–H groups in total. The molecule has 22 heavy (non-hydrogen) atoms. The van der Waals surface area contributed by atoms with E-state index >= 15 is 0 Å². The van der Waals surface area contributed by atoms with E-state index in [1.54, 1.807) is 0 Å². The summed E-state index contributed by atoms with van der Waals surface area (Å²) >= 11 is 0. The summed E-state index contributed by atoms with van der Waals surface area (Å²) in [4.78, 5) is 0. The third-order valence-corrected chi connectivity index (χ3v) is 3.10. The molecule has 0 aromatic heterocycles. The van der Waals surface area contributed by atoms with Crippen LogP contribution in [-0.2, 0) is 26.2 Å². The van der Waals surface area contributed by atoms with Gasteiger partial charge in [0.05, 0.1) is 0 Å². The Morgan fingerprint density at radius 2 is 1.18 bits per heavy atom. The number of hydrogen-bond acceptors (Lipinski definition) is 0. The summed E-state index contributed by atoms with van der Waals surface area (Å²) in [6.45, 7) is 13.1. The van der Waals surface area contributed by atoms with Gasteiger partial charge in [-0.1, -0.05) is 79.3 Å². The molecule has 0 atom stereocenters. The smallest absolute Gasteiger partial charge is 0.250 e. The molecule has 0 bridgehead atoms. The van der Waals surface area contributed by atoms with Gasteiger partial charge in [0.15, 0.2) is 0 Å². The van der Waals surface area contributed by atoms with Gasteiger partial charge in [-0.15, -0.1) is 0 Å². The molecule has 0 heterocycles. The topological polar surface area (TPSA) is 0 Å². The fourth-order valence-corrected chi connectivity index (χ4v) is 2.17. The summed E-state index contributed by atoms with van der Waals surface area (Å²) < 4.78 is 0. The molecule has 0 aromatic rings. The van der Waals surface area contributed by atoms with Crippen molar-refractivity contribution in [2.75, 3.05) is 0 Å². The fraction of sp³-hybridized carbons (Fsp3) is 0.600. The molecule has 0 nitrogen and oxygen atoms in total. The Kier molecular flexibility index (Phi) is 17.6. The first-order chi connectivity index (χ1) is 10.1. The van der Waals surface area contributed by atoms with Crippen molar-refractivity contribution in [3.05, 3.63) is 46.6 Å². The Bertz CT molecular complexity index is 362. The van der Waals surface area contributed by atoms with Crippen LogP contribution in [0.25, 0.3) is 0 Å². The molecule has 2 heteroatoms. The van der Waals surface area contributed by atoms with Crippen molar-refractivity contribution in [2.45, 2.75) is 79.3 Å². The molecule has 0 fully saturated rings. The van der Waals surface area contributed by atoms with Crippen molar-refractivity contribution in [3.8, 4) is 0 Å². The van der Waals surface area contributed by atoms with E-state index in [4.69, 9.17) is 0 Å². The quantitative estimate of drug-likeness (QED) is 0.392. The molecule has 2 aliphatic carbocycles. The average molecular weight is 393 g/mol. The van der Waals surface area contributed by atoms with E-state index in [0.29, 0.717) is 0 Å². The molecule has 2 rings (SSSR count). The van der Waals surface area contributed by atoms with Crippen molar-refractivity contribution in [2.24, 2.45) is 0 Å². The van der Waals surface area contributed by atoms with E-state index in [0.717, 1.165) is 22.4 Å². The molecule has 121 valence electrons. The van der Waals surface area contributed by atoms with Crippen LogP contribution in [0.3, 0.4) is 0 Å². The van der Waals surface area contributed by atoms with Gasteiger partial charge in [-0.05, 0) is 0 Å². The first-order valence-electron chi connectivity index (χ1n) is 8.38. The van der Waals surface area contributed by atoms with Crippen LogP contribution < -0.4 is 0 Å². The van der Waals surface area contributed by atoms with Gasteiger partial charge in [0.2, 0.25) is 0 Å². The average Bonchev–Trinajstić information content (AvgIpc) is 3.02. The Hall–Kier alpha value is 0.0600. The molecule has 1 radical (unpaired) electrons. The van der Waals surface area contributed by atoms with E-state index in [9.17, 15) is 0 Å². The Labute approximate surface area is 161 Å². The summed E-state index contributed by atoms with van der Waals surface area (Å²) in [5.41, 5.74) is 5.60. The van der Waals surface area contributed by atoms with Gasteiger partial charge >= 0.3 is 26.2 Å². The van der Waals surface area contributed by atoms with Crippen molar-refractivity contribution in [1.82, 2.24) is 0 Å².